The minimum absolute atomic E-state index is 0.0742. The van der Waals surface area contributed by atoms with Crippen molar-refractivity contribution < 1.29 is 33.8 Å². The Morgan fingerprint density at radius 2 is 1.93 bits per heavy atom. The Balaban J connectivity index is 1.66. The van der Waals surface area contributed by atoms with Crippen molar-refractivity contribution >= 4 is 23.7 Å². The average Bonchev–Trinajstić information content (AvgIpc) is 3.69. The van der Waals surface area contributed by atoms with E-state index in [2.05, 4.69) is 25.4 Å². The number of nitrogens with one attached hydrogen (secondary N) is 1. The van der Waals surface area contributed by atoms with E-state index in [1.807, 2.05) is 44.2 Å². The van der Waals surface area contributed by atoms with Crippen molar-refractivity contribution in [2.75, 3.05) is 26.3 Å². The summed E-state index contributed by atoms with van der Waals surface area (Å²) >= 11 is 0. The number of fused-ring (bicyclic) bond motifs is 1. The van der Waals surface area contributed by atoms with Gasteiger partial charge in [0.25, 0.3) is 0 Å². The van der Waals surface area contributed by atoms with E-state index in [1.54, 1.807) is 17.1 Å². The molecule has 2 bridgehead atoms. The summed E-state index contributed by atoms with van der Waals surface area (Å²) in [5, 5.41) is 13.6. The first-order valence-electron chi connectivity index (χ1n) is 16.8. The Hall–Kier alpha value is -3.50. The molecule has 2 N–H and O–H groups in total. The molecule has 1 spiro atoms. The fourth-order valence-electron chi connectivity index (χ4n) is 7.46. The van der Waals surface area contributed by atoms with E-state index >= 15 is 0 Å². The van der Waals surface area contributed by atoms with Gasteiger partial charge in [-0.2, -0.15) is 0 Å². The molecule has 10 nitrogen and oxygen atoms in total. The lowest BCUT2D eigenvalue weighted by Gasteiger charge is -2.40. The van der Waals surface area contributed by atoms with Crippen LogP contribution in [0.5, 0.6) is 0 Å². The van der Waals surface area contributed by atoms with Crippen LogP contribution in [0.2, 0.25) is 0 Å². The van der Waals surface area contributed by atoms with Crippen molar-refractivity contribution in [3.05, 3.63) is 61.2 Å². The van der Waals surface area contributed by atoms with E-state index in [9.17, 15) is 24.3 Å². The third-order valence-electron chi connectivity index (χ3n) is 9.76. The van der Waals surface area contributed by atoms with Gasteiger partial charge in [0.05, 0.1) is 36.6 Å². The standard InChI is InChI=1S/C36H51N3O7/c1-6-9-14-21-38(20-8-3)35(44)32-36-19-18-28(46-36)30(31(36)34(43)39(32)27(22-40)24(4)5)33(42)37-26(25-15-12-11-13-16-25)23-45-29(41)17-10-7-2/h7-8,11-13,15-16,24,26-28,30-32,40H,2-3,6,9-10,14,17-23H2,1,4-5H3,(H,37,42)/t26-,27-,28-,30+,31+,32-,36+/m0/s1. The zero-order valence-electron chi connectivity index (χ0n) is 27.6. The van der Waals surface area contributed by atoms with Gasteiger partial charge in [-0.3, -0.25) is 19.2 Å². The molecule has 7 atom stereocenters. The Kier molecular flexibility index (Phi) is 12.2. The highest BCUT2D eigenvalue weighted by atomic mass is 16.5. The number of nitrogens with zero attached hydrogens (tertiary/aromatic N) is 2. The van der Waals surface area contributed by atoms with Gasteiger partial charge in [0.2, 0.25) is 17.7 Å². The molecule has 0 radical (unpaired) electrons. The number of rotatable bonds is 18. The summed E-state index contributed by atoms with van der Waals surface area (Å²) in [5.74, 6) is -3.23. The predicted molar refractivity (Wildman–Crippen MR) is 174 cm³/mol. The maximum atomic E-state index is 14.5. The van der Waals surface area contributed by atoms with Gasteiger partial charge in [0.15, 0.2) is 0 Å². The average molecular weight is 638 g/mol. The van der Waals surface area contributed by atoms with Gasteiger partial charge in [-0.05, 0) is 37.2 Å². The van der Waals surface area contributed by atoms with Crippen LogP contribution in [0.25, 0.3) is 0 Å². The maximum absolute atomic E-state index is 14.5. The first kappa shape index (κ1) is 35.4. The fourth-order valence-corrected chi connectivity index (χ4v) is 7.46. The van der Waals surface area contributed by atoms with Gasteiger partial charge in [-0.1, -0.05) is 76.1 Å². The minimum atomic E-state index is -1.19. The first-order chi connectivity index (χ1) is 22.1. The molecular weight excluding hydrogens is 586 g/mol. The number of unbranched alkanes of at least 4 members (excludes halogenated alkanes) is 2. The highest BCUT2D eigenvalue weighted by molar-refractivity contribution is 5.99. The van der Waals surface area contributed by atoms with Crippen LogP contribution >= 0.6 is 0 Å². The van der Waals surface area contributed by atoms with Crippen molar-refractivity contribution in [3.63, 3.8) is 0 Å². The molecular formula is C36H51N3O7. The maximum Gasteiger partial charge on any atom is 0.306 e. The first-order valence-corrected chi connectivity index (χ1v) is 16.8. The molecule has 0 unspecified atom stereocenters. The monoisotopic (exact) mass is 637 g/mol. The molecule has 1 aromatic rings. The molecule has 3 heterocycles. The predicted octanol–water partition coefficient (Wildman–Crippen LogP) is 3.95. The molecule has 0 aliphatic carbocycles. The van der Waals surface area contributed by atoms with Gasteiger partial charge in [-0.25, -0.2) is 0 Å². The Morgan fingerprint density at radius 1 is 1.20 bits per heavy atom. The smallest absolute Gasteiger partial charge is 0.306 e. The highest BCUT2D eigenvalue weighted by Gasteiger charge is 2.75. The second kappa shape index (κ2) is 15.9. The molecule has 10 heteroatoms. The minimum Gasteiger partial charge on any atom is -0.463 e. The fraction of sp³-hybridized carbons (Fsp3) is 0.611. The second-order valence-corrected chi connectivity index (χ2v) is 13.1. The van der Waals surface area contributed by atoms with Crippen LogP contribution in [-0.2, 0) is 28.7 Å². The van der Waals surface area contributed by atoms with Gasteiger partial charge in [0.1, 0.15) is 18.2 Å². The normalized spacial score (nSPS) is 26.0. The van der Waals surface area contributed by atoms with Crippen LogP contribution < -0.4 is 5.32 Å². The summed E-state index contributed by atoms with van der Waals surface area (Å²) in [6.45, 7) is 13.9. The van der Waals surface area contributed by atoms with Crippen LogP contribution in [0, 0.1) is 17.8 Å². The topological polar surface area (TPSA) is 125 Å². The zero-order chi connectivity index (χ0) is 33.4. The molecule has 252 valence electrons. The third-order valence-corrected chi connectivity index (χ3v) is 9.76. The van der Waals surface area contributed by atoms with Crippen LogP contribution in [0.15, 0.2) is 55.6 Å². The van der Waals surface area contributed by atoms with Gasteiger partial charge < -0.3 is 29.7 Å². The van der Waals surface area contributed by atoms with Gasteiger partial charge >= 0.3 is 5.97 Å². The Morgan fingerprint density at radius 3 is 2.57 bits per heavy atom. The van der Waals surface area contributed by atoms with E-state index in [-0.39, 0.29) is 43.3 Å². The molecule has 46 heavy (non-hydrogen) atoms. The van der Waals surface area contributed by atoms with Crippen molar-refractivity contribution in [2.45, 2.75) is 95.5 Å². The van der Waals surface area contributed by atoms with E-state index < -0.39 is 47.6 Å². The van der Waals surface area contributed by atoms with E-state index in [4.69, 9.17) is 9.47 Å². The number of aliphatic hydroxyl groups excluding tert-OH is 1. The Bertz CT molecular complexity index is 1250. The molecule has 0 saturated carbocycles. The number of amides is 3. The summed E-state index contributed by atoms with van der Waals surface area (Å²) in [7, 11) is 0. The Labute approximate surface area is 273 Å². The van der Waals surface area contributed by atoms with E-state index in [0.29, 0.717) is 32.4 Å². The second-order valence-electron chi connectivity index (χ2n) is 13.1. The number of aliphatic hydroxyl groups is 1. The van der Waals surface area contributed by atoms with Crippen molar-refractivity contribution in [3.8, 4) is 0 Å². The molecule has 3 aliphatic heterocycles. The molecule has 1 aromatic carbocycles. The molecule has 3 fully saturated rings. The van der Waals surface area contributed by atoms with Gasteiger partial charge in [0, 0.05) is 19.5 Å². The quantitative estimate of drug-likeness (QED) is 0.142. The van der Waals surface area contributed by atoms with Crippen molar-refractivity contribution in [2.24, 2.45) is 17.8 Å². The highest BCUT2D eigenvalue weighted by Crippen LogP contribution is 2.59. The van der Waals surface area contributed by atoms with Crippen LogP contribution in [0.4, 0.5) is 0 Å². The van der Waals surface area contributed by atoms with E-state index in [0.717, 1.165) is 24.8 Å². The van der Waals surface area contributed by atoms with Gasteiger partial charge in [-0.15, -0.1) is 13.2 Å². The number of esters is 1. The zero-order valence-corrected chi connectivity index (χ0v) is 27.6. The van der Waals surface area contributed by atoms with Crippen molar-refractivity contribution in [1.82, 2.24) is 15.1 Å². The number of hydrogen-bond donors (Lipinski definition) is 2. The lowest BCUT2D eigenvalue weighted by atomic mass is 9.70. The third kappa shape index (κ3) is 7.08. The summed E-state index contributed by atoms with van der Waals surface area (Å²) < 4.78 is 12.2. The lowest BCUT2D eigenvalue weighted by molar-refractivity contribution is -0.152. The van der Waals surface area contributed by atoms with Crippen LogP contribution in [0.1, 0.15) is 77.3 Å². The molecule has 3 saturated heterocycles. The molecule has 0 aromatic heterocycles. The number of benzene rings is 1. The summed E-state index contributed by atoms with van der Waals surface area (Å²) in [6, 6.07) is 7.00. The number of likely N-dealkylation sites (tertiary alicyclic amines) is 1. The molecule has 4 rings (SSSR count). The van der Waals surface area contributed by atoms with Crippen molar-refractivity contribution in [1.29, 1.82) is 0 Å². The molecule has 3 aliphatic rings. The number of ether oxygens (including phenoxy) is 2. The summed E-state index contributed by atoms with van der Waals surface area (Å²) in [6.07, 6.45) is 7.20. The number of hydrogen-bond acceptors (Lipinski definition) is 7. The lowest BCUT2D eigenvalue weighted by Crippen LogP contribution is -2.59. The molecule has 3 amide bonds. The SMILES string of the molecule is C=CCCC(=O)OC[C@H](NC(=O)[C@@H]1[C@@H]2CC[C@]3(O2)[C@H](C(=O)N(CC=C)CCCCC)N([C@@H](CO)C(C)C)C(=O)[C@@H]13)c1ccccc1. The summed E-state index contributed by atoms with van der Waals surface area (Å²) in [5.41, 5.74) is -0.432. The number of allylic oxidation sites excluding steroid dienone is 1. The largest absolute Gasteiger partial charge is 0.463 e. The number of carbonyl (C=O) groups excluding carboxylic acids is 4. The van der Waals surface area contributed by atoms with Crippen LogP contribution in [-0.4, -0.2) is 88.7 Å². The van der Waals surface area contributed by atoms with E-state index in [1.165, 1.54) is 4.90 Å². The van der Waals surface area contributed by atoms with Crippen LogP contribution in [0.3, 0.4) is 0 Å². The number of carbonyl (C=O) groups is 4. The summed E-state index contributed by atoms with van der Waals surface area (Å²) in [4.78, 5) is 58.8.